The highest BCUT2D eigenvalue weighted by Gasteiger charge is 2.15. The number of rotatable bonds is 1. The van der Waals surface area contributed by atoms with Crippen molar-refractivity contribution < 1.29 is 24.2 Å². The number of ether oxygens (including phenoxy) is 2. The van der Waals surface area contributed by atoms with Gasteiger partial charge in [-0.3, -0.25) is 4.79 Å². The molecule has 0 aliphatic heterocycles. The highest BCUT2D eigenvalue weighted by molar-refractivity contribution is 5.67. The Bertz CT molecular complexity index is 187. The maximum absolute atomic E-state index is 10.9. The summed E-state index contributed by atoms with van der Waals surface area (Å²) in [6.07, 6.45) is -0.354. The molecule has 1 amide bonds. The van der Waals surface area contributed by atoms with Crippen LogP contribution in [0.25, 0.3) is 0 Å². The summed E-state index contributed by atoms with van der Waals surface area (Å²) < 4.78 is 9.25. The number of hydrogen-bond donors (Lipinski definition) is 2. The van der Waals surface area contributed by atoms with Crippen molar-refractivity contribution in [2.75, 3.05) is 14.2 Å². The van der Waals surface area contributed by atoms with Gasteiger partial charge in [0.25, 0.3) is 6.47 Å². The Morgan fingerprint density at radius 3 is 1.76 bits per heavy atom. The van der Waals surface area contributed by atoms with Crippen molar-refractivity contribution in [2.24, 2.45) is 0 Å². The molecule has 0 aromatic carbocycles. The molecule has 0 rings (SSSR count). The van der Waals surface area contributed by atoms with E-state index in [2.05, 4.69) is 10.1 Å². The molecule has 17 heavy (non-hydrogen) atoms. The van der Waals surface area contributed by atoms with Gasteiger partial charge in [-0.25, -0.2) is 4.79 Å². The van der Waals surface area contributed by atoms with Gasteiger partial charge in [0, 0.05) is 20.3 Å². The summed E-state index contributed by atoms with van der Waals surface area (Å²) >= 11 is 0. The number of carboxylic acid groups (broad SMARTS) is 1. The lowest BCUT2D eigenvalue weighted by Gasteiger charge is -2.20. The second kappa shape index (κ2) is 12.8. The van der Waals surface area contributed by atoms with E-state index in [9.17, 15) is 4.79 Å². The number of methoxy groups -OCH3 is 1. The van der Waals surface area contributed by atoms with Gasteiger partial charge >= 0.3 is 6.09 Å². The van der Waals surface area contributed by atoms with Crippen LogP contribution in [0.4, 0.5) is 4.79 Å². The normalized spacial score (nSPS) is 9.18. The highest BCUT2D eigenvalue weighted by Crippen LogP contribution is 2.06. The second-order valence-electron chi connectivity index (χ2n) is 4.31. The molecule has 0 atom stereocenters. The molecule has 0 saturated heterocycles. The lowest BCUT2D eigenvalue weighted by Crippen LogP contribution is -2.36. The van der Waals surface area contributed by atoms with Gasteiger partial charge in [-0.15, -0.1) is 0 Å². The van der Waals surface area contributed by atoms with Crippen LogP contribution < -0.4 is 5.32 Å². The number of nitrogens with one attached hydrogen (secondary N) is 1. The zero-order valence-electron chi connectivity index (χ0n) is 11.7. The molecule has 0 fully saturated rings. The third-order valence-corrected chi connectivity index (χ3v) is 0.805. The van der Waals surface area contributed by atoms with E-state index in [1.807, 2.05) is 34.6 Å². The van der Waals surface area contributed by atoms with Gasteiger partial charge in [-0.2, -0.15) is 0 Å². The molecule has 0 spiro atoms. The first-order chi connectivity index (χ1) is 7.64. The lowest BCUT2D eigenvalue weighted by molar-refractivity contribution is -0.122. The Labute approximate surface area is 103 Å². The summed E-state index contributed by atoms with van der Waals surface area (Å²) in [5, 5.41) is 9.53. The van der Waals surface area contributed by atoms with Crippen LogP contribution in [0.1, 0.15) is 34.6 Å². The van der Waals surface area contributed by atoms with Gasteiger partial charge in [0.05, 0.1) is 0 Å². The molecule has 0 radical (unpaired) electrons. The predicted octanol–water partition coefficient (Wildman–Crippen LogP) is 1.88. The van der Waals surface area contributed by atoms with Crippen LogP contribution in [0, 0.1) is 0 Å². The van der Waals surface area contributed by atoms with Crippen molar-refractivity contribution in [3.05, 3.63) is 0 Å². The van der Waals surface area contributed by atoms with Gasteiger partial charge in [-0.1, -0.05) is 0 Å². The van der Waals surface area contributed by atoms with Crippen LogP contribution >= 0.6 is 0 Å². The first kappa shape index (κ1) is 21.0. The molecule has 0 bridgehead atoms. The van der Waals surface area contributed by atoms with E-state index >= 15 is 0 Å². The third-order valence-electron chi connectivity index (χ3n) is 0.805. The molecule has 0 aliphatic carbocycles. The zero-order chi connectivity index (χ0) is 14.5. The Morgan fingerprint density at radius 2 is 1.59 bits per heavy atom. The predicted molar refractivity (Wildman–Crippen MR) is 66.1 cm³/mol. The molecular weight excluding hydrogens is 226 g/mol. The maximum atomic E-state index is 10.9. The molecule has 104 valence electrons. The van der Waals surface area contributed by atoms with Crippen LogP contribution in [0.5, 0.6) is 0 Å². The smallest absolute Gasteiger partial charge is 0.407 e. The van der Waals surface area contributed by atoms with E-state index in [0.717, 1.165) is 0 Å². The van der Waals surface area contributed by atoms with Crippen molar-refractivity contribution in [2.45, 2.75) is 46.3 Å². The summed E-state index contributed by atoms with van der Waals surface area (Å²) in [4.78, 5) is 19.3. The highest BCUT2D eigenvalue weighted by atomic mass is 16.6. The minimum absolute atomic E-state index is 0.129. The molecule has 0 aliphatic rings. The van der Waals surface area contributed by atoms with Crippen molar-refractivity contribution in [3.8, 4) is 0 Å². The molecule has 0 unspecified atom stereocenters. The summed E-state index contributed by atoms with van der Waals surface area (Å²) in [5.74, 6) is 0. The van der Waals surface area contributed by atoms with E-state index in [1.54, 1.807) is 14.2 Å². The summed E-state index contributed by atoms with van der Waals surface area (Å²) in [5.41, 5.74) is -0.404. The number of alkyl carbamates (subject to hydrolysis) is 1. The Balaban J connectivity index is -0.000000273. The SMILES string of the molecule is CC(C)NC(=O)OC(C)(C)C.COC.O=CO. The van der Waals surface area contributed by atoms with E-state index < -0.39 is 5.60 Å². The quantitative estimate of drug-likeness (QED) is 0.695. The molecule has 6 nitrogen and oxygen atoms in total. The fraction of sp³-hybridized carbons (Fsp3) is 0.818. The van der Waals surface area contributed by atoms with Crippen LogP contribution in [0.2, 0.25) is 0 Å². The van der Waals surface area contributed by atoms with Gasteiger partial charge in [0.15, 0.2) is 0 Å². The fourth-order valence-electron chi connectivity index (χ4n) is 0.543. The van der Waals surface area contributed by atoms with Crippen molar-refractivity contribution in [3.63, 3.8) is 0 Å². The van der Waals surface area contributed by atoms with Crippen LogP contribution in [-0.4, -0.2) is 43.5 Å². The Morgan fingerprint density at radius 1 is 1.29 bits per heavy atom. The topological polar surface area (TPSA) is 84.9 Å². The molecule has 6 heteroatoms. The first-order valence-corrected chi connectivity index (χ1v) is 5.12. The zero-order valence-corrected chi connectivity index (χ0v) is 11.7. The average molecular weight is 251 g/mol. The standard InChI is InChI=1S/C8H17NO2.C2H6O.CH2O2/c1-6(2)9-7(10)11-8(3,4)5;1-3-2;2-1-3/h6H,1-5H3,(H,9,10);1-2H3;1H,(H,2,3). The van der Waals surface area contributed by atoms with Gasteiger partial charge in [0.1, 0.15) is 5.60 Å². The van der Waals surface area contributed by atoms with Crippen molar-refractivity contribution in [1.82, 2.24) is 5.32 Å². The van der Waals surface area contributed by atoms with Gasteiger partial charge in [-0.05, 0) is 34.6 Å². The first-order valence-electron chi connectivity index (χ1n) is 5.12. The minimum atomic E-state index is -0.404. The van der Waals surface area contributed by atoms with Crippen LogP contribution in [0.15, 0.2) is 0 Å². The molecular formula is C11H25NO5. The molecule has 0 aromatic rings. The fourth-order valence-corrected chi connectivity index (χ4v) is 0.543. The molecule has 2 N–H and O–H groups in total. The minimum Gasteiger partial charge on any atom is -0.483 e. The Kier molecular flexibility index (Phi) is 15.8. The van der Waals surface area contributed by atoms with E-state index in [1.165, 1.54) is 0 Å². The van der Waals surface area contributed by atoms with Crippen LogP contribution in [-0.2, 0) is 14.3 Å². The monoisotopic (exact) mass is 251 g/mol. The lowest BCUT2D eigenvalue weighted by atomic mass is 10.2. The molecule has 0 saturated carbocycles. The summed E-state index contributed by atoms with van der Waals surface area (Å²) in [6, 6.07) is 0.129. The van der Waals surface area contributed by atoms with E-state index in [0.29, 0.717) is 0 Å². The van der Waals surface area contributed by atoms with Gasteiger partial charge < -0.3 is 19.9 Å². The maximum Gasteiger partial charge on any atom is 0.407 e. The van der Waals surface area contributed by atoms with E-state index in [-0.39, 0.29) is 18.6 Å². The van der Waals surface area contributed by atoms with Crippen molar-refractivity contribution >= 4 is 12.6 Å². The van der Waals surface area contributed by atoms with E-state index in [4.69, 9.17) is 14.6 Å². The molecule has 0 heterocycles. The number of carbonyl (C=O) groups excluding carboxylic acids is 1. The largest absolute Gasteiger partial charge is 0.483 e. The molecule has 0 aromatic heterocycles. The Hall–Kier alpha value is -1.30. The summed E-state index contributed by atoms with van der Waals surface area (Å²) in [6.45, 7) is 9.06. The second-order valence-corrected chi connectivity index (χ2v) is 4.31. The number of carbonyl (C=O) groups is 2. The third kappa shape index (κ3) is 40.0. The van der Waals surface area contributed by atoms with Gasteiger partial charge in [0.2, 0.25) is 0 Å². The number of amides is 1. The number of hydrogen-bond acceptors (Lipinski definition) is 4. The average Bonchev–Trinajstić information content (AvgIpc) is 2.00. The van der Waals surface area contributed by atoms with Crippen LogP contribution in [0.3, 0.4) is 0 Å². The van der Waals surface area contributed by atoms with Crippen molar-refractivity contribution in [1.29, 1.82) is 0 Å². The summed E-state index contributed by atoms with van der Waals surface area (Å²) in [7, 11) is 3.25.